The Hall–Kier alpha value is -2.64. The van der Waals surface area contributed by atoms with Gasteiger partial charge in [0.2, 0.25) is 11.8 Å². The van der Waals surface area contributed by atoms with Crippen LogP contribution in [0.2, 0.25) is 0 Å². The van der Waals surface area contributed by atoms with Gasteiger partial charge in [0.15, 0.2) is 0 Å². The lowest BCUT2D eigenvalue weighted by atomic mass is 9.77. The lowest BCUT2D eigenvalue weighted by Gasteiger charge is -2.38. The molecule has 1 saturated carbocycles. The first-order valence-electron chi connectivity index (χ1n) is 13.5. The Morgan fingerprint density at radius 3 is 2.46 bits per heavy atom. The molecule has 2 saturated heterocycles. The molecule has 0 bridgehead atoms. The van der Waals surface area contributed by atoms with E-state index in [-0.39, 0.29) is 47.3 Å². The quantitative estimate of drug-likeness (QED) is 0.530. The minimum atomic E-state index is -0.281. The van der Waals surface area contributed by atoms with E-state index < -0.39 is 0 Å². The predicted octanol–water partition coefficient (Wildman–Crippen LogP) is 4.46. The maximum absolute atomic E-state index is 13.4. The molecule has 0 unspecified atom stereocenters. The minimum absolute atomic E-state index is 0. The average molecular weight is 527 g/mol. The molecule has 5 rings (SSSR count). The predicted molar refractivity (Wildman–Crippen MR) is 145 cm³/mol. The van der Waals surface area contributed by atoms with Gasteiger partial charge in [-0.3, -0.25) is 14.6 Å². The van der Waals surface area contributed by atoms with Crippen molar-refractivity contribution in [2.75, 3.05) is 26.2 Å². The Morgan fingerprint density at radius 2 is 1.76 bits per heavy atom. The Bertz CT molecular complexity index is 1050. The maximum atomic E-state index is 13.4. The van der Waals surface area contributed by atoms with E-state index in [0.717, 1.165) is 83.1 Å². The van der Waals surface area contributed by atoms with E-state index in [1.54, 1.807) is 18.3 Å². The summed E-state index contributed by atoms with van der Waals surface area (Å²) in [6, 6.07) is 13.6. The molecule has 7 nitrogen and oxygen atoms in total. The van der Waals surface area contributed by atoms with Crippen LogP contribution >= 0.6 is 12.4 Å². The van der Waals surface area contributed by atoms with Crippen molar-refractivity contribution >= 4 is 24.2 Å². The van der Waals surface area contributed by atoms with Crippen LogP contribution in [0.25, 0.3) is 0 Å². The number of halogens is 1. The van der Waals surface area contributed by atoms with E-state index in [0.29, 0.717) is 12.2 Å². The van der Waals surface area contributed by atoms with E-state index in [1.807, 2.05) is 23.1 Å². The molecule has 37 heavy (non-hydrogen) atoms. The number of piperidine rings is 1. The van der Waals surface area contributed by atoms with E-state index in [9.17, 15) is 14.7 Å². The van der Waals surface area contributed by atoms with Crippen molar-refractivity contribution in [3.05, 3.63) is 59.9 Å². The fourth-order valence-electron chi connectivity index (χ4n) is 6.24. The number of nitrogens with one attached hydrogen (secondary N) is 1. The molecule has 2 N–H and O–H groups in total. The third-order valence-corrected chi connectivity index (χ3v) is 8.60. The number of amides is 2. The number of benzene rings is 1. The van der Waals surface area contributed by atoms with Crippen LogP contribution in [0.4, 0.5) is 0 Å². The zero-order valence-electron chi connectivity index (χ0n) is 21.5. The van der Waals surface area contributed by atoms with E-state index in [4.69, 9.17) is 0 Å². The van der Waals surface area contributed by atoms with Crippen molar-refractivity contribution in [2.24, 2.45) is 11.3 Å². The number of carbonyl (C=O) groups excluding carboxylic acids is 2. The minimum Gasteiger partial charge on any atom is -0.506 e. The van der Waals surface area contributed by atoms with Gasteiger partial charge in [-0.15, -0.1) is 12.4 Å². The maximum Gasteiger partial charge on any atom is 0.229 e. The Morgan fingerprint density at radius 1 is 1.05 bits per heavy atom. The lowest BCUT2D eigenvalue weighted by molar-refractivity contribution is -0.139. The van der Waals surface area contributed by atoms with Crippen molar-refractivity contribution in [1.29, 1.82) is 0 Å². The number of carbonyl (C=O) groups is 2. The van der Waals surface area contributed by atoms with Crippen LogP contribution < -0.4 is 5.32 Å². The highest BCUT2D eigenvalue weighted by atomic mass is 35.5. The summed E-state index contributed by atoms with van der Waals surface area (Å²) in [6.07, 6.45) is 9.45. The highest BCUT2D eigenvalue weighted by Crippen LogP contribution is 2.42. The van der Waals surface area contributed by atoms with Gasteiger partial charge in [0, 0.05) is 25.2 Å². The molecule has 1 aromatic heterocycles. The van der Waals surface area contributed by atoms with Crippen LogP contribution in [0.15, 0.2) is 48.7 Å². The molecule has 3 fully saturated rings. The Labute approximate surface area is 226 Å². The second-order valence-corrected chi connectivity index (χ2v) is 10.8. The summed E-state index contributed by atoms with van der Waals surface area (Å²) in [5, 5.41) is 13.4. The van der Waals surface area contributed by atoms with E-state index in [1.165, 1.54) is 0 Å². The van der Waals surface area contributed by atoms with Gasteiger partial charge >= 0.3 is 0 Å². The normalized spacial score (nSPS) is 20.6. The smallest absolute Gasteiger partial charge is 0.229 e. The largest absolute Gasteiger partial charge is 0.506 e. The van der Waals surface area contributed by atoms with Crippen LogP contribution in [0, 0.1) is 11.3 Å². The van der Waals surface area contributed by atoms with E-state index in [2.05, 4.69) is 27.3 Å². The Balaban J connectivity index is 0.00000320. The summed E-state index contributed by atoms with van der Waals surface area (Å²) in [7, 11) is 0. The molecule has 1 atom stereocenters. The second-order valence-electron chi connectivity index (χ2n) is 10.8. The molecule has 2 aromatic rings. The standard InChI is InChI=1S/C29H38N4O3.ClH/c34-26-11-6-16-30-25(26)21-33-20-15-29(28(33)36)13-18-32(19-14-29)17-12-24(22-7-2-1-3-8-22)31-27(35)23-9-4-5-10-23;/h1-3,6-8,11,16,23-24,34H,4-5,9-10,12-15,17-21H2,(H,31,35);1H/t24-;/m0./s1. The first-order chi connectivity index (χ1) is 17.5. The fraction of sp³-hybridized carbons (Fsp3) is 0.552. The third-order valence-electron chi connectivity index (χ3n) is 8.60. The number of hydrogen-bond donors (Lipinski definition) is 2. The van der Waals surface area contributed by atoms with Gasteiger partial charge < -0.3 is 20.2 Å². The number of pyridine rings is 1. The molecule has 2 amide bonds. The number of aromatic nitrogens is 1. The SMILES string of the molecule is Cl.O=C(N[C@@H](CCN1CCC2(CC1)CCN(Cc1ncccc1O)C2=O)c1ccccc1)C1CCCC1. The van der Waals surface area contributed by atoms with Crippen molar-refractivity contribution in [2.45, 2.75) is 64.0 Å². The summed E-state index contributed by atoms with van der Waals surface area (Å²) in [5.74, 6) is 0.720. The first kappa shape index (κ1) is 27.4. The van der Waals surface area contributed by atoms with Crippen LogP contribution in [-0.4, -0.2) is 57.9 Å². The van der Waals surface area contributed by atoms with E-state index >= 15 is 0 Å². The molecule has 1 aliphatic carbocycles. The van der Waals surface area contributed by atoms with Crippen molar-refractivity contribution < 1.29 is 14.7 Å². The summed E-state index contributed by atoms with van der Waals surface area (Å²) < 4.78 is 0. The van der Waals surface area contributed by atoms with Gasteiger partial charge in [-0.05, 0) is 69.3 Å². The molecule has 3 aliphatic rings. The second kappa shape index (κ2) is 12.3. The number of nitrogens with zero attached hydrogens (tertiary/aromatic N) is 3. The van der Waals surface area contributed by atoms with Crippen molar-refractivity contribution in [3.8, 4) is 5.75 Å². The highest BCUT2D eigenvalue weighted by molar-refractivity contribution is 5.85. The van der Waals surface area contributed by atoms with Gasteiger partial charge in [-0.1, -0.05) is 43.2 Å². The third kappa shape index (κ3) is 6.27. The average Bonchev–Trinajstić information content (AvgIpc) is 3.55. The van der Waals surface area contributed by atoms with Crippen LogP contribution in [0.3, 0.4) is 0 Å². The molecule has 8 heteroatoms. The monoisotopic (exact) mass is 526 g/mol. The first-order valence-corrected chi connectivity index (χ1v) is 13.5. The molecule has 1 aromatic carbocycles. The molecule has 200 valence electrons. The molecule has 0 radical (unpaired) electrons. The van der Waals surface area contributed by atoms with Crippen LogP contribution in [0.5, 0.6) is 5.75 Å². The van der Waals surface area contributed by atoms with Crippen molar-refractivity contribution in [1.82, 2.24) is 20.1 Å². The fourth-order valence-corrected chi connectivity index (χ4v) is 6.24. The molecular formula is C29H39ClN4O3. The molecular weight excluding hydrogens is 488 g/mol. The van der Waals surface area contributed by atoms with Gasteiger partial charge in [-0.25, -0.2) is 0 Å². The number of aromatic hydroxyl groups is 1. The zero-order valence-corrected chi connectivity index (χ0v) is 22.3. The molecule has 2 aliphatic heterocycles. The summed E-state index contributed by atoms with van der Waals surface area (Å²) in [5.41, 5.74) is 1.44. The number of rotatable bonds is 8. The molecule has 3 heterocycles. The van der Waals surface area contributed by atoms with Gasteiger partial charge in [0.05, 0.1) is 18.0 Å². The lowest BCUT2D eigenvalue weighted by Crippen LogP contribution is -2.45. The zero-order chi connectivity index (χ0) is 25.0. The topological polar surface area (TPSA) is 85.8 Å². The van der Waals surface area contributed by atoms with Crippen LogP contribution in [0.1, 0.15) is 68.7 Å². The molecule has 1 spiro atoms. The summed E-state index contributed by atoms with van der Waals surface area (Å²) >= 11 is 0. The number of likely N-dealkylation sites (tertiary alicyclic amines) is 2. The van der Waals surface area contributed by atoms with Gasteiger partial charge in [-0.2, -0.15) is 0 Å². The summed E-state index contributed by atoms with van der Waals surface area (Å²) in [4.78, 5) is 34.8. The number of hydrogen-bond acceptors (Lipinski definition) is 5. The Kier molecular flexibility index (Phi) is 9.08. The highest BCUT2D eigenvalue weighted by Gasteiger charge is 2.48. The van der Waals surface area contributed by atoms with Crippen LogP contribution in [-0.2, 0) is 16.1 Å². The van der Waals surface area contributed by atoms with Crippen molar-refractivity contribution in [3.63, 3.8) is 0 Å². The summed E-state index contributed by atoms with van der Waals surface area (Å²) in [6.45, 7) is 3.79. The van der Waals surface area contributed by atoms with Gasteiger partial charge in [0.25, 0.3) is 0 Å². The van der Waals surface area contributed by atoms with Gasteiger partial charge in [0.1, 0.15) is 11.4 Å².